The maximum absolute atomic E-state index is 11.6. The normalized spacial score (nSPS) is 13.2. The molecule has 3 aromatic rings. The second-order valence-electron chi connectivity index (χ2n) is 7.08. The van der Waals surface area contributed by atoms with Gasteiger partial charge in [0.25, 0.3) is 0 Å². The molecule has 1 saturated heterocycles. The van der Waals surface area contributed by atoms with Crippen molar-refractivity contribution in [2.75, 3.05) is 43.1 Å². The second-order valence-corrected chi connectivity index (χ2v) is 7.48. The molecule has 4 rings (SSSR count). The van der Waals surface area contributed by atoms with Crippen LogP contribution in [0.15, 0.2) is 36.5 Å². The molecule has 0 radical (unpaired) electrons. The molecular formula is C22H21Cl2N5O4. The number of ether oxygens (including phenoxy) is 2. The Bertz CT molecular complexity index is 1230. The summed E-state index contributed by atoms with van der Waals surface area (Å²) in [6.45, 7) is 4.83. The minimum absolute atomic E-state index is 0. The highest BCUT2D eigenvalue weighted by Crippen LogP contribution is 2.38. The van der Waals surface area contributed by atoms with Gasteiger partial charge in [-0.3, -0.25) is 15.1 Å². The largest absolute Gasteiger partial charge is 0.487 e. The van der Waals surface area contributed by atoms with E-state index in [1.807, 2.05) is 12.1 Å². The number of fused-ring (bicyclic) bond motifs is 1. The van der Waals surface area contributed by atoms with Crippen LogP contribution < -0.4 is 15.0 Å². The summed E-state index contributed by atoms with van der Waals surface area (Å²) in [6.07, 6.45) is 1.43. The molecule has 0 unspecified atom stereocenters. The monoisotopic (exact) mass is 489 g/mol. The maximum Gasteiger partial charge on any atom is 0.311 e. The summed E-state index contributed by atoms with van der Waals surface area (Å²) in [5.41, 5.74) is 2.49. The molecule has 9 nitrogen and oxygen atoms in total. The van der Waals surface area contributed by atoms with E-state index in [0.717, 1.165) is 18.8 Å². The summed E-state index contributed by atoms with van der Waals surface area (Å²) in [4.78, 5) is 17.5. The van der Waals surface area contributed by atoms with Gasteiger partial charge in [0.05, 0.1) is 52.2 Å². The molecule has 0 bridgehead atoms. The summed E-state index contributed by atoms with van der Waals surface area (Å²) in [5, 5.41) is 25.4. The van der Waals surface area contributed by atoms with E-state index in [1.165, 1.54) is 18.3 Å². The van der Waals surface area contributed by atoms with E-state index in [-0.39, 0.29) is 36.0 Å². The average molecular weight is 490 g/mol. The Balaban J connectivity index is 0.00000306. The first-order valence-electron chi connectivity index (χ1n) is 10.0. The van der Waals surface area contributed by atoms with Crippen LogP contribution in [0.3, 0.4) is 0 Å². The van der Waals surface area contributed by atoms with E-state index in [4.69, 9.17) is 21.1 Å². The summed E-state index contributed by atoms with van der Waals surface area (Å²) >= 11 is 6.54. The number of benzene rings is 2. The third kappa shape index (κ3) is 5.03. The first-order chi connectivity index (χ1) is 15.5. The molecule has 2 heterocycles. The van der Waals surface area contributed by atoms with E-state index in [1.54, 1.807) is 13.0 Å². The summed E-state index contributed by atoms with van der Waals surface area (Å²) in [6, 6.07) is 10.5. The molecule has 0 spiro atoms. The lowest BCUT2D eigenvalue weighted by molar-refractivity contribution is -0.385. The van der Waals surface area contributed by atoms with Gasteiger partial charge in [-0.15, -0.1) is 12.4 Å². The molecule has 1 fully saturated rings. The predicted octanol–water partition coefficient (Wildman–Crippen LogP) is 5.07. The number of pyridine rings is 1. The van der Waals surface area contributed by atoms with E-state index < -0.39 is 4.92 Å². The van der Waals surface area contributed by atoms with Gasteiger partial charge in [-0.1, -0.05) is 11.6 Å². The SMILES string of the molecule is CCOc1cc2ncc(C#N)c(Nc3ccc(N4CCOCC4)c(Cl)c3)c2cc1[N+](=O)[O-].Cl. The Morgan fingerprint density at radius 3 is 2.73 bits per heavy atom. The molecule has 2 aromatic carbocycles. The fourth-order valence-electron chi connectivity index (χ4n) is 3.63. The smallest absolute Gasteiger partial charge is 0.311 e. The van der Waals surface area contributed by atoms with Crippen LogP contribution in [0.1, 0.15) is 12.5 Å². The summed E-state index contributed by atoms with van der Waals surface area (Å²) in [7, 11) is 0. The molecule has 0 atom stereocenters. The molecule has 1 N–H and O–H groups in total. The third-order valence-corrected chi connectivity index (χ3v) is 5.44. The Morgan fingerprint density at radius 1 is 1.33 bits per heavy atom. The van der Waals surface area contributed by atoms with Crippen LogP contribution in [0.25, 0.3) is 10.9 Å². The number of nitriles is 1. The van der Waals surface area contributed by atoms with Crippen molar-refractivity contribution in [2.45, 2.75) is 6.92 Å². The number of nitro groups is 1. The van der Waals surface area contributed by atoms with Crippen molar-refractivity contribution in [3.8, 4) is 11.8 Å². The Hall–Kier alpha value is -3.32. The molecule has 33 heavy (non-hydrogen) atoms. The van der Waals surface area contributed by atoms with Gasteiger partial charge in [0.15, 0.2) is 5.75 Å². The van der Waals surface area contributed by atoms with Crippen LogP contribution in [0, 0.1) is 21.4 Å². The highest BCUT2D eigenvalue weighted by Gasteiger charge is 2.21. The lowest BCUT2D eigenvalue weighted by atomic mass is 10.1. The zero-order valence-electron chi connectivity index (χ0n) is 17.7. The highest BCUT2D eigenvalue weighted by atomic mass is 35.5. The quantitative estimate of drug-likeness (QED) is 0.377. The maximum atomic E-state index is 11.6. The van der Waals surface area contributed by atoms with Crippen LogP contribution in [-0.2, 0) is 4.74 Å². The van der Waals surface area contributed by atoms with E-state index >= 15 is 0 Å². The number of nitrogens with one attached hydrogen (secondary N) is 1. The molecule has 1 aliphatic rings. The molecular weight excluding hydrogens is 469 g/mol. The molecule has 0 amide bonds. The second kappa shape index (κ2) is 10.5. The highest BCUT2D eigenvalue weighted by molar-refractivity contribution is 6.33. The Labute approximate surface area is 201 Å². The summed E-state index contributed by atoms with van der Waals surface area (Å²) < 4.78 is 10.8. The topological polar surface area (TPSA) is 114 Å². The first kappa shape index (κ1) is 24.3. The number of aromatic nitrogens is 1. The van der Waals surface area contributed by atoms with Gasteiger partial charge < -0.3 is 19.7 Å². The van der Waals surface area contributed by atoms with Crippen LogP contribution in [0.2, 0.25) is 5.02 Å². The van der Waals surface area contributed by atoms with Crippen molar-refractivity contribution in [3.63, 3.8) is 0 Å². The van der Waals surface area contributed by atoms with Gasteiger partial charge in [-0.2, -0.15) is 5.26 Å². The van der Waals surface area contributed by atoms with Gasteiger partial charge in [0.2, 0.25) is 0 Å². The van der Waals surface area contributed by atoms with Crippen molar-refractivity contribution < 1.29 is 14.4 Å². The average Bonchev–Trinajstić information content (AvgIpc) is 2.79. The van der Waals surface area contributed by atoms with Crippen molar-refractivity contribution in [1.82, 2.24) is 4.98 Å². The van der Waals surface area contributed by atoms with Gasteiger partial charge in [-0.05, 0) is 25.1 Å². The van der Waals surface area contributed by atoms with E-state index in [0.29, 0.717) is 40.5 Å². The van der Waals surface area contributed by atoms with Gasteiger partial charge >= 0.3 is 5.69 Å². The molecule has 1 aromatic heterocycles. The number of anilines is 3. The van der Waals surface area contributed by atoms with E-state index in [2.05, 4.69) is 21.3 Å². The molecule has 0 aliphatic carbocycles. The van der Waals surface area contributed by atoms with Crippen molar-refractivity contribution >= 4 is 57.7 Å². The summed E-state index contributed by atoms with van der Waals surface area (Å²) in [5.74, 6) is 0.131. The Kier molecular flexibility index (Phi) is 7.76. The fraction of sp³-hybridized carbons (Fsp3) is 0.273. The third-order valence-electron chi connectivity index (χ3n) is 5.13. The van der Waals surface area contributed by atoms with Crippen LogP contribution in [0.4, 0.5) is 22.7 Å². The predicted molar refractivity (Wildman–Crippen MR) is 129 cm³/mol. The van der Waals surface area contributed by atoms with Crippen LogP contribution >= 0.6 is 24.0 Å². The minimum Gasteiger partial charge on any atom is -0.487 e. The van der Waals surface area contributed by atoms with Gasteiger partial charge in [-0.25, -0.2) is 0 Å². The molecule has 11 heteroatoms. The number of morpholine rings is 1. The number of hydrogen-bond acceptors (Lipinski definition) is 8. The first-order valence-corrected chi connectivity index (χ1v) is 10.4. The molecule has 1 aliphatic heterocycles. The number of rotatable bonds is 6. The van der Waals surface area contributed by atoms with Crippen LogP contribution in [-0.4, -0.2) is 42.8 Å². The van der Waals surface area contributed by atoms with Crippen molar-refractivity contribution in [2.24, 2.45) is 0 Å². The van der Waals surface area contributed by atoms with Crippen molar-refractivity contribution in [1.29, 1.82) is 5.26 Å². The minimum atomic E-state index is -0.513. The van der Waals surface area contributed by atoms with E-state index in [9.17, 15) is 15.4 Å². The number of hydrogen-bond donors (Lipinski definition) is 1. The zero-order valence-corrected chi connectivity index (χ0v) is 19.3. The lowest BCUT2D eigenvalue weighted by Crippen LogP contribution is -2.36. The van der Waals surface area contributed by atoms with Gasteiger partial charge in [0.1, 0.15) is 6.07 Å². The lowest BCUT2D eigenvalue weighted by Gasteiger charge is -2.29. The fourth-order valence-corrected chi connectivity index (χ4v) is 3.93. The number of nitrogens with zero attached hydrogens (tertiary/aromatic N) is 4. The standard InChI is InChI=1S/C22H20ClN5O4.ClH/c1-2-32-21-11-18-16(10-20(21)28(29)30)22(14(12-24)13-25-18)26-15-3-4-19(17(23)9-15)27-5-7-31-8-6-27;/h3-4,9-11,13H,2,5-8H2,1H3,(H,25,26);1H. The Morgan fingerprint density at radius 2 is 2.09 bits per heavy atom. The number of nitro benzene ring substituents is 1. The van der Waals surface area contributed by atoms with Gasteiger partial charge in [0, 0.05) is 42.5 Å². The van der Waals surface area contributed by atoms with Crippen LogP contribution in [0.5, 0.6) is 5.75 Å². The molecule has 0 saturated carbocycles. The van der Waals surface area contributed by atoms with Crippen molar-refractivity contribution in [3.05, 3.63) is 57.2 Å². The zero-order chi connectivity index (χ0) is 22.7. The number of halogens is 2. The molecule has 172 valence electrons.